The summed E-state index contributed by atoms with van der Waals surface area (Å²) in [6, 6.07) is 6.20. The molecule has 0 aliphatic heterocycles. The van der Waals surface area contributed by atoms with E-state index in [-0.39, 0.29) is 18.3 Å². The van der Waals surface area contributed by atoms with Crippen molar-refractivity contribution < 1.29 is 13.9 Å². The van der Waals surface area contributed by atoms with Gasteiger partial charge in [0.15, 0.2) is 0 Å². The smallest absolute Gasteiger partial charge is 0.233 e. The molecule has 0 aliphatic rings. The van der Waals surface area contributed by atoms with E-state index in [1.54, 1.807) is 19.2 Å². The van der Waals surface area contributed by atoms with Crippen LogP contribution in [0.5, 0.6) is 0 Å². The molecule has 4 nitrogen and oxygen atoms in total. The maximum Gasteiger partial charge on any atom is 0.233 e. The largest absolute Gasteiger partial charge is 0.385 e. The number of hydrogen-bond acceptors (Lipinski definition) is 3. The number of hydrogen-bond donors (Lipinski definition) is 2. The molecule has 0 unspecified atom stereocenters. The van der Waals surface area contributed by atoms with Crippen LogP contribution in [0.15, 0.2) is 24.3 Å². The summed E-state index contributed by atoms with van der Waals surface area (Å²) in [5, 5.41) is 5.77. The summed E-state index contributed by atoms with van der Waals surface area (Å²) in [4.78, 5) is 11.4. The van der Waals surface area contributed by atoms with Gasteiger partial charge in [0.2, 0.25) is 5.91 Å². The lowest BCUT2D eigenvalue weighted by Gasteiger charge is -2.06. The van der Waals surface area contributed by atoms with Gasteiger partial charge in [0.05, 0.1) is 6.54 Å². The van der Waals surface area contributed by atoms with Gasteiger partial charge in [0, 0.05) is 26.8 Å². The van der Waals surface area contributed by atoms with E-state index in [4.69, 9.17) is 4.74 Å². The summed E-state index contributed by atoms with van der Waals surface area (Å²) >= 11 is 0. The van der Waals surface area contributed by atoms with E-state index >= 15 is 0 Å². The highest BCUT2D eigenvalue weighted by atomic mass is 19.1. The predicted octanol–water partition coefficient (Wildman–Crippen LogP) is 1.07. The normalized spacial score (nSPS) is 10.3. The van der Waals surface area contributed by atoms with E-state index in [1.165, 1.54) is 12.1 Å². The van der Waals surface area contributed by atoms with Crippen LogP contribution in [0.4, 0.5) is 4.39 Å². The second-order valence-electron chi connectivity index (χ2n) is 3.93. The average molecular weight is 254 g/mol. The number of methoxy groups -OCH3 is 1. The monoisotopic (exact) mass is 254 g/mol. The number of rotatable bonds is 8. The highest BCUT2D eigenvalue weighted by molar-refractivity contribution is 5.77. The van der Waals surface area contributed by atoms with Crippen LogP contribution in [0, 0.1) is 5.82 Å². The molecule has 1 rings (SSSR count). The van der Waals surface area contributed by atoms with Gasteiger partial charge in [-0.2, -0.15) is 0 Å². The van der Waals surface area contributed by atoms with Gasteiger partial charge in [0.25, 0.3) is 0 Å². The van der Waals surface area contributed by atoms with Crippen LogP contribution in [-0.2, 0) is 16.1 Å². The van der Waals surface area contributed by atoms with Crippen molar-refractivity contribution >= 4 is 5.91 Å². The fraction of sp³-hybridized carbons (Fsp3) is 0.462. The lowest BCUT2D eigenvalue weighted by molar-refractivity contribution is -0.120. The van der Waals surface area contributed by atoms with Gasteiger partial charge in [-0.05, 0) is 24.1 Å². The molecular formula is C13H19FN2O2. The Kier molecular flexibility index (Phi) is 6.98. The third-order valence-electron chi connectivity index (χ3n) is 2.38. The summed E-state index contributed by atoms with van der Waals surface area (Å²) in [7, 11) is 1.63. The molecule has 1 aromatic carbocycles. The second kappa shape index (κ2) is 8.60. The molecule has 0 radical (unpaired) electrons. The molecule has 0 aromatic heterocycles. The van der Waals surface area contributed by atoms with Crippen molar-refractivity contribution in [1.29, 1.82) is 0 Å². The van der Waals surface area contributed by atoms with Crippen molar-refractivity contribution in [3.63, 3.8) is 0 Å². The zero-order valence-corrected chi connectivity index (χ0v) is 10.5. The minimum Gasteiger partial charge on any atom is -0.385 e. The van der Waals surface area contributed by atoms with E-state index in [2.05, 4.69) is 10.6 Å². The fourth-order valence-electron chi connectivity index (χ4n) is 1.43. The lowest BCUT2D eigenvalue weighted by Crippen LogP contribution is -2.34. The first-order chi connectivity index (χ1) is 8.72. The van der Waals surface area contributed by atoms with Crippen LogP contribution >= 0.6 is 0 Å². The summed E-state index contributed by atoms with van der Waals surface area (Å²) in [5.74, 6) is -0.303. The van der Waals surface area contributed by atoms with Gasteiger partial charge >= 0.3 is 0 Å². The highest BCUT2D eigenvalue weighted by Gasteiger charge is 2.00. The molecule has 0 heterocycles. The number of nitrogens with one attached hydrogen (secondary N) is 2. The van der Waals surface area contributed by atoms with Gasteiger partial charge in [-0.25, -0.2) is 4.39 Å². The molecule has 0 saturated carbocycles. The minimum atomic E-state index is -0.255. The quantitative estimate of drug-likeness (QED) is 0.682. The topological polar surface area (TPSA) is 50.4 Å². The molecule has 0 fully saturated rings. The van der Waals surface area contributed by atoms with E-state index in [0.717, 1.165) is 12.0 Å². The van der Waals surface area contributed by atoms with E-state index in [1.807, 2.05) is 0 Å². The van der Waals surface area contributed by atoms with E-state index in [9.17, 15) is 9.18 Å². The summed E-state index contributed by atoms with van der Waals surface area (Å²) < 4.78 is 17.5. The van der Waals surface area contributed by atoms with Crippen LogP contribution in [0.25, 0.3) is 0 Å². The molecule has 0 aliphatic carbocycles. The molecule has 0 bridgehead atoms. The molecule has 1 aromatic rings. The van der Waals surface area contributed by atoms with Crippen molar-refractivity contribution in [2.45, 2.75) is 13.0 Å². The van der Waals surface area contributed by atoms with Crippen molar-refractivity contribution in [1.82, 2.24) is 10.6 Å². The molecule has 18 heavy (non-hydrogen) atoms. The Morgan fingerprint density at radius 3 is 2.72 bits per heavy atom. The summed E-state index contributed by atoms with van der Waals surface area (Å²) in [5.41, 5.74) is 0.948. The minimum absolute atomic E-state index is 0.0479. The molecule has 0 spiro atoms. The van der Waals surface area contributed by atoms with Gasteiger partial charge in [-0.1, -0.05) is 12.1 Å². The molecule has 100 valence electrons. The third kappa shape index (κ3) is 6.32. The SMILES string of the molecule is COCCCNC(=O)CNCc1ccc(F)cc1. The van der Waals surface area contributed by atoms with Crippen LogP contribution in [0.2, 0.25) is 0 Å². The molecular weight excluding hydrogens is 235 g/mol. The summed E-state index contributed by atoms with van der Waals surface area (Å²) in [6.45, 7) is 2.06. The number of ether oxygens (including phenoxy) is 1. The van der Waals surface area contributed by atoms with Crippen LogP contribution in [0.1, 0.15) is 12.0 Å². The number of benzene rings is 1. The predicted molar refractivity (Wildman–Crippen MR) is 67.6 cm³/mol. The Morgan fingerprint density at radius 1 is 1.33 bits per heavy atom. The maximum absolute atomic E-state index is 12.6. The van der Waals surface area contributed by atoms with Crippen LogP contribution in [0.3, 0.4) is 0 Å². The summed E-state index contributed by atoms with van der Waals surface area (Å²) in [6.07, 6.45) is 0.806. The molecule has 0 atom stereocenters. The van der Waals surface area contributed by atoms with Crippen LogP contribution in [-0.4, -0.2) is 32.7 Å². The van der Waals surface area contributed by atoms with Gasteiger partial charge in [-0.3, -0.25) is 4.79 Å². The Labute approximate surface area is 107 Å². The Hall–Kier alpha value is -1.46. The lowest BCUT2D eigenvalue weighted by atomic mass is 10.2. The zero-order valence-electron chi connectivity index (χ0n) is 10.5. The van der Waals surface area contributed by atoms with Gasteiger partial charge < -0.3 is 15.4 Å². The van der Waals surface area contributed by atoms with Crippen molar-refractivity contribution in [3.05, 3.63) is 35.6 Å². The number of halogens is 1. The van der Waals surface area contributed by atoms with Crippen molar-refractivity contribution in [2.24, 2.45) is 0 Å². The maximum atomic E-state index is 12.6. The Morgan fingerprint density at radius 2 is 2.06 bits per heavy atom. The van der Waals surface area contributed by atoms with Gasteiger partial charge in [-0.15, -0.1) is 0 Å². The Balaban J connectivity index is 2.10. The first-order valence-electron chi connectivity index (χ1n) is 5.93. The fourth-order valence-corrected chi connectivity index (χ4v) is 1.43. The second-order valence-corrected chi connectivity index (χ2v) is 3.93. The first-order valence-corrected chi connectivity index (χ1v) is 5.93. The van der Waals surface area contributed by atoms with Crippen LogP contribution < -0.4 is 10.6 Å². The van der Waals surface area contributed by atoms with Gasteiger partial charge in [0.1, 0.15) is 5.82 Å². The van der Waals surface area contributed by atoms with Crippen molar-refractivity contribution in [2.75, 3.05) is 26.8 Å². The zero-order chi connectivity index (χ0) is 13.2. The molecule has 0 saturated heterocycles. The number of amides is 1. The molecule has 1 amide bonds. The Bertz CT molecular complexity index is 355. The average Bonchev–Trinajstić information content (AvgIpc) is 2.37. The van der Waals surface area contributed by atoms with Crippen molar-refractivity contribution in [3.8, 4) is 0 Å². The first kappa shape index (κ1) is 14.6. The third-order valence-corrected chi connectivity index (χ3v) is 2.38. The number of carbonyl (C=O) groups is 1. The van der Waals surface area contributed by atoms with E-state index < -0.39 is 0 Å². The molecule has 5 heteroatoms. The number of carbonyl (C=O) groups excluding carboxylic acids is 1. The van der Waals surface area contributed by atoms with E-state index in [0.29, 0.717) is 19.7 Å². The molecule has 2 N–H and O–H groups in total. The standard InChI is InChI=1S/C13H19FN2O2/c1-18-8-2-7-16-13(17)10-15-9-11-3-5-12(14)6-4-11/h3-6,15H,2,7-10H2,1H3,(H,16,17). The highest BCUT2D eigenvalue weighted by Crippen LogP contribution is 2.01.